The van der Waals surface area contributed by atoms with Crippen molar-refractivity contribution in [1.82, 2.24) is 20.3 Å². The van der Waals surface area contributed by atoms with E-state index in [1.165, 1.54) is 36.7 Å². The van der Waals surface area contributed by atoms with Crippen LogP contribution in [0.15, 0.2) is 117 Å². The molecule has 0 saturated heterocycles. The molecule has 0 aliphatic rings. The second kappa shape index (κ2) is 17.8. The van der Waals surface area contributed by atoms with Crippen LogP contribution in [0.25, 0.3) is 0 Å². The Hall–Kier alpha value is -5.02. The van der Waals surface area contributed by atoms with Crippen molar-refractivity contribution in [3.63, 3.8) is 0 Å². The number of hydrogen-bond donors (Lipinski definition) is 4. The molecule has 4 aromatic rings. The molecule has 2 amide bonds. The lowest BCUT2D eigenvalue weighted by Crippen LogP contribution is -2.34. The van der Waals surface area contributed by atoms with Gasteiger partial charge in [0.25, 0.3) is 11.8 Å². The highest BCUT2D eigenvalue weighted by atomic mass is 32.2. The standard InChI is InChI=1S/2C17H19N3O3S/c2*1-13-3-7-15(8-4-13)11-18-20-17(21)12-19-24(22,23)16-9-5-14(2)6-10-16/h2*3-11,19H,12H2,1-2H3,(H,20,21)/b2*18-11+. The van der Waals surface area contributed by atoms with Crippen LogP contribution in [-0.2, 0) is 29.6 Å². The first-order chi connectivity index (χ1) is 22.7. The number of aryl methyl sites for hydroxylation is 4. The first kappa shape index (κ1) is 37.4. The molecular weight excluding hydrogens is 653 g/mol. The van der Waals surface area contributed by atoms with Crippen LogP contribution in [0.3, 0.4) is 0 Å². The van der Waals surface area contributed by atoms with Gasteiger partial charge in [0.2, 0.25) is 20.0 Å². The van der Waals surface area contributed by atoms with Crippen molar-refractivity contribution in [2.75, 3.05) is 13.1 Å². The van der Waals surface area contributed by atoms with Gasteiger partial charge < -0.3 is 0 Å². The fourth-order valence-electron chi connectivity index (χ4n) is 3.66. The van der Waals surface area contributed by atoms with Crippen LogP contribution < -0.4 is 20.3 Å². The highest BCUT2D eigenvalue weighted by Crippen LogP contribution is 2.10. The number of benzene rings is 4. The molecule has 0 spiro atoms. The van der Waals surface area contributed by atoms with Crippen molar-refractivity contribution >= 4 is 44.3 Å². The molecule has 4 aromatic carbocycles. The maximum atomic E-state index is 12.0. The monoisotopic (exact) mass is 690 g/mol. The Bertz CT molecular complexity index is 1800. The molecule has 14 heteroatoms. The zero-order valence-corrected chi connectivity index (χ0v) is 28.6. The fraction of sp³-hybridized carbons (Fsp3) is 0.176. The molecule has 252 valence electrons. The molecule has 0 aromatic heterocycles. The van der Waals surface area contributed by atoms with Crippen LogP contribution in [0, 0.1) is 27.7 Å². The van der Waals surface area contributed by atoms with Crippen molar-refractivity contribution in [2.24, 2.45) is 10.2 Å². The van der Waals surface area contributed by atoms with Gasteiger partial charge in [-0.3, -0.25) is 9.59 Å². The largest absolute Gasteiger partial charge is 0.272 e. The predicted molar refractivity (Wildman–Crippen MR) is 187 cm³/mol. The van der Waals surface area contributed by atoms with Gasteiger partial charge in [-0.2, -0.15) is 10.2 Å². The summed E-state index contributed by atoms with van der Waals surface area (Å²) in [6.07, 6.45) is 2.98. The van der Waals surface area contributed by atoms with Crippen LogP contribution in [-0.4, -0.2) is 54.2 Å². The van der Waals surface area contributed by atoms with Crippen LogP contribution in [0.4, 0.5) is 0 Å². The van der Waals surface area contributed by atoms with Gasteiger partial charge in [-0.05, 0) is 63.1 Å². The van der Waals surface area contributed by atoms with Gasteiger partial charge in [-0.25, -0.2) is 37.1 Å². The van der Waals surface area contributed by atoms with E-state index >= 15 is 0 Å². The maximum Gasteiger partial charge on any atom is 0.255 e. The summed E-state index contributed by atoms with van der Waals surface area (Å²) in [7, 11) is -7.43. The minimum atomic E-state index is -3.72. The smallest absolute Gasteiger partial charge is 0.255 e. The number of carbonyl (C=O) groups excluding carboxylic acids is 2. The second-order valence-corrected chi connectivity index (χ2v) is 14.2. The molecule has 4 N–H and O–H groups in total. The Morgan fingerprint density at radius 2 is 0.771 bits per heavy atom. The SMILES string of the molecule is Cc1ccc(/C=N/NC(=O)CNS(=O)(=O)c2ccc(C)cc2)cc1.Cc1ccc(/C=N/NC(=O)CNS(=O)(=O)c2ccc(C)cc2)cc1. The molecule has 4 rings (SSSR count). The number of amides is 2. The fourth-order valence-corrected chi connectivity index (χ4v) is 5.63. The summed E-state index contributed by atoms with van der Waals surface area (Å²) in [5, 5.41) is 7.59. The lowest BCUT2D eigenvalue weighted by atomic mass is 10.2. The van der Waals surface area contributed by atoms with E-state index in [0.717, 1.165) is 33.4 Å². The summed E-state index contributed by atoms with van der Waals surface area (Å²) in [4.78, 5) is 23.6. The highest BCUT2D eigenvalue weighted by molar-refractivity contribution is 7.89. The van der Waals surface area contributed by atoms with E-state index in [1.807, 2.05) is 76.2 Å². The molecule has 0 fully saturated rings. The maximum absolute atomic E-state index is 12.0. The molecule has 48 heavy (non-hydrogen) atoms. The number of nitrogens with zero attached hydrogens (tertiary/aromatic N) is 2. The molecule has 0 radical (unpaired) electrons. The average molecular weight is 691 g/mol. The van der Waals surface area contributed by atoms with E-state index in [1.54, 1.807) is 24.3 Å². The third-order valence-corrected chi connectivity index (χ3v) is 9.30. The lowest BCUT2D eigenvalue weighted by molar-refractivity contribution is -0.120. The Balaban J connectivity index is 0.000000260. The van der Waals surface area contributed by atoms with E-state index in [9.17, 15) is 26.4 Å². The molecule has 0 bridgehead atoms. The second-order valence-electron chi connectivity index (χ2n) is 10.7. The summed E-state index contributed by atoms with van der Waals surface area (Å²) < 4.78 is 52.7. The van der Waals surface area contributed by atoms with Gasteiger partial charge in [-0.15, -0.1) is 0 Å². The minimum Gasteiger partial charge on any atom is -0.272 e. The molecule has 0 saturated carbocycles. The molecule has 0 unspecified atom stereocenters. The Kier molecular flexibility index (Phi) is 13.9. The molecule has 0 aliphatic carbocycles. The summed E-state index contributed by atoms with van der Waals surface area (Å²) in [5.74, 6) is -1.09. The topological polar surface area (TPSA) is 175 Å². The first-order valence-electron chi connectivity index (χ1n) is 14.6. The van der Waals surface area contributed by atoms with Gasteiger partial charge in [0.1, 0.15) is 0 Å². The highest BCUT2D eigenvalue weighted by Gasteiger charge is 2.16. The van der Waals surface area contributed by atoms with Crippen LogP contribution in [0.2, 0.25) is 0 Å². The summed E-state index contributed by atoms with van der Waals surface area (Å²) in [6, 6.07) is 27.9. The number of nitrogens with one attached hydrogen (secondary N) is 4. The third kappa shape index (κ3) is 13.0. The van der Waals surface area contributed by atoms with Crippen molar-refractivity contribution in [3.8, 4) is 0 Å². The summed E-state index contributed by atoms with van der Waals surface area (Å²) in [5.41, 5.74) is 10.4. The van der Waals surface area contributed by atoms with E-state index in [-0.39, 0.29) is 22.9 Å². The van der Waals surface area contributed by atoms with Crippen LogP contribution >= 0.6 is 0 Å². The van der Waals surface area contributed by atoms with Crippen LogP contribution in [0.5, 0.6) is 0 Å². The molecule has 0 heterocycles. The van der Waals surface area contributed by atoms with E-state index < -0.39 is 31.9 Å². The molecule has 0 atom stereocenters. The number of rotatable bonds is 12. The summed E-state index contributed by atoms with van der Waals surface area (Å²) >= 11 is 0. The van der Waals surface area contributed by atoms with E-state index in [4.69, 9.17) is 0 Å². The molecule has 12 nitrogen and oxygen atoms in total. The normalized spacial score (nSPS) is 11.6. The Morgan fingerprint density at radius 1 is 0.500 bits per heavy atom. The zero-order valence-electron chi connectivity index (χ0n) is 27.0. The van der Waals surface area contributed by atoms with Gasteiger partial charge in [-0.1, -0.05) is 95.1 Å². The van der Waals surface area contributed by atoms with Gasteiger partial charge in [0.15, 0.2) is 0 Å². The van der Waals surface area contributed by atoms with Gasteiger partial charge in [0.05, 0.1) is 35.3 Å². The Labute approximate surface area is 281 Å². The van der Waals surface area contributed by atoms with E-state index in [2.05, 4.69) is 30.5 Å². The number of hydrogen-bond acceptors (Lipinski definition) is 8. The number of sulfonamides is 2. The predicted octanol–water partition coefficient (Wildman–Crippen LogP) is 3.46. The van der Waals surface area contributed by atoms with Crippen molar-refractivity contribution in [3.05, 3.63) is 130 Å². The minimum absolute atomic E-state index is 0.115. The van der Waals surface area contributed by atoms with Crippen molar-refractivity contribution in [2.45, 2.75) is 37.5 Å². The lowest BCUT2D eigenvalue weighted by Gasteiger charge is -2.06. The van der Waals surface area contributed by atoms with E-state index in [0.29, 0.717) is 0 Å². The molecular formula is C34H38N6O6S2. The average Bonchev–Trinajstić information content (AvgIpc) is 3.05. The van der Waals surface area contributed by atoms with Crippen LogP contribution in [0.1, 0.15) is 33.4 Å². The van der Waals surface area contributed by atoms with Gasteiger partial charge in [0, 0.05) is 0 Å². The first-order valence-corrected chi connectivity index (χ1v) is 17.6. The van der Waals surface area contributed by atoms with Crippen molar-refractivity contribution < 1.29 is 26.4 Å². The third-order valence-electron chi connectivity index (χ3n) is 6.47. The number of carbonyl (C=O) groups is 2. The zero-order chi connectivity index (χ0) is 35.2. The quantitative estimate of drug-likeness (QED) is 0.131. The number of hydrazone groups is 2. The van der Waals surface area contributed by atoms with Crippen molar-refractivity contribution in [1.29, 1.82) is 0 Å². The molecule has 0 aliphatic heterocycles. The summed E-state index contributed by atoms with van der Waals surface area (Å²) in [6.45, 7) is 6.90. The Morgan fingerprint density at radius 3 is 1.06 bits per heavy atom. The van der Waals surface area contributed by atoms with Gasteiger partial charge >= 0.3 is 0 Å².